The number of hydrogen-bond donors (Lipinski definition) is 1. The molecule has 1 spiro atoms. The number of hydrogen-bond acceptors (Lipinski definition) is 2. The first kappa shape index (κ1) is 8.02. The fraction of sp³-hybridized carbons (Fsp3) is 1.00. The molecule has 0 aromatic carbocycles. The van der Waals surface area contributed by atoms with Crippen LogP contribution in [0.4, 0.5) is 0 Å². The van der Waals surface area contributed by atoms with Crippen molar-refractivity contribution in [1.29, 1.82) is 0 Å². The molecule has 0 amide bonds. The molecule has 1 saturated carbocycles. The van der Waals surface area contributed by atoms with Crippen LogP contribution in [0.15, 0.2) is 0 Å². The van der Waals surface area contributed by atoms with E-state index in [4.69, 9.17) is 4.74 Å². The maximum atomic E-state index is 9.69. The molecule has 1 heterocycles. The summed E-state index contributed by atoms with van der Waals surface area (Å²) in [5, 5.41) is 9.69. The number of aliphatic hydroxyl groups is 1. The van der Waals surface area contributed by atoms with Crippen LogP contribution >= 0.6 is 15.9 Å². The second-order valence-electron chi connectivity index (χ2n) is 3.47. The standard InChI is InChI=1S/C8H13BrO2/c9-6-3-5-11-8(6)4-1-2-7(8)10/h6-7,10H,1-5H2/t6-,7+,8-/m0/s1. The Hall–Kier alpha value is 0.400. The van der Waals surface area contributed by atoms with Gasteiger partial charge in [0, 0.05) is 11.4 Å². The van der Waals surface area contributed by atoms with Crippen molar-refractivity contribution in [3.8, 4) is 0 Å². The summed E-state index contributed by atoms with van der Waals surface area (Å²) in [7, 11) is 0. The average molecular weight is 221 g/mol. The SMILES string of the molecule is O[C@@H]1CCC[C@@]12OCC[C@@H]2Br. The average Bonchev–Trinajstić information content (AvgIpc) is 2.48. The van der Waals surface area contributed by atoms with Crippen molar-refractivity contribution in [2.75, 3.05) is 6.61 Å². The Morgan fingerprint density at radius 3 is 2.73 bits per heavy atom. The largest absolute Gasteiger partial charge is 0.390 e. The highest BCUT2D eigenvalue weighted by atomic mass is 79.9. The first-order valence-corrected chi connectivity index (χ1v) is 5.13. The minimum atomic E-state index is -0.241. The normalized spacial score (nSPS) is 50.7. The summed E-state index contributed by atoms with van der Waals surface area (Å²) >= 11 is 3.58. The maximum absolute atomic E-state index is 9.69. The molecule has 1 aliphatic carbocycles. The van der Waals surface area contributed by atoms with Crippen molar-refractivity contribution in [2.24, 2.45) is 0 Å². The zero-order chi connectivity index (χ0) is 7.90. The van der Waals surface area contributed by atoms with Crippen LogP contribution < -0.4 is 0 Å². The van der Waals surface area contributed by atoms with Crippen molar-refractivity contribution in [3.63, 3.8) is 0 Å². The molecule has 3 atom stereocenters. The zero-order valence-electron chi connectivity index (χ0n) is 6.42. The lowest BCUT2D eigenvalue weighted by Gasteiger charge is -2.30. The lowest BCUT2D eigenvalue weighted by molar-refractivity contribution is -0.0666. The van der Waals surface area contributed by atoms with Crippen LogP contribution in [0.1, 0.15) is 25.7 Å². The van der Waals surface area contributed by atoms with Crippen LogP contribution in [0.5, 0.6) is 0 Å². The minimum absolute atomic E-state index is 0.222. The Morgan fingerprint density at radius 1 is 1.45 bits per heavy atom. The van der Waals surface area contributed by atoms with Crippen molar-refractivity contribution >= 4 is 15.9 Å². The second kappa shape index (κ2) is 2.71. The van der Waals surface area contributed by atoms with Gasteiger partial charge in [-0.1, -0.05) is 15.9 Å². The van der Waals surface area contributed by atoms with Crippen LogP contribution in [0.25, 0.3) is 0 Å². The van der Waals surface area contributed by atoms with Gasteiger partial charge >= 0.3 is 0 Å². The Kier molecular flexibility index (Phi) is 1.98. The lowest BCUT2D eigenvalue weighted by Crippen LogP contribution is -2.43. The van der Waals surface area contributed by atoms with Gasteiger partial charge in [0.1, 0.15) is 5.60 Å². The molecule has 64 valence electrons. The molecule has 0 bridgehead atoms. The van der Waals surface area contributed by atoms with E-state index in [1.54, 1.807) is 0 Å². The summed E-state index contributed by atoms with van der Waals surface area (Å²) in [5.74, 6) is 0. The Balaban J connectivity index is 2.19. The monoisotopic (exact) mass is 220 g/mol. The van der Waals surface area contributed by atoms with Gasteiger partial charge in [-0.3, -0.25) is 0 Å². The third-order valence-corrected chi connectivity index (χ3v) is 4.11. The third kappa shape index (κ3) is 1.05. The molecule has 0 unspecified atom stereocenters. The molecule has 2 aliphatic rings. The molecular formula is C8H13BrO2. The Morgan fingerprint density at radius 2 is 2.27 bits per heavy atom. The van der Waals surface area contributed by atoms with E-state index in [1.165, 1.54) is 0 Å². The van der Waals surface area contributed by atoms with E-state index in [-0.39, 0.29) is 11.7 Å². The molecule has 3 heteroatoms. The summed E-state index contributed by atoms with van der Waals surface area (Å²) in [5.41, 5.74) is -0.222. The molecule has 1 N–H and O–H groups in total. The minimum Gasteiger partial charge on any atom is -0.390 e. The van der Waals surface area contributed by atoms with Gasteiger partial charge < -0.3 is 9.84 Å². The summed E-state index contributed by atoms with van der Waals surface area (Å²) < 4.78 is 5.63. The highest BCUT2D eigenvalue weighted by Gasteiger charge is 2.51. The molecule has 2 rings (SSSR count). The predicted molar refractivity (Wildman–Crippen MR) is 45.9 cm³/mol. The molecule has 1 aliphatic heterocycles. The number of alkyl halides is 1. The Bertz CT molecular complexity index is 142. The second-order valence-corrected chi connectivity index (χ2v) is 4.57. The van der Waals surface area contributed by atoms with Gasteiger partial charge in [0.2, 0.25) is 0 Å². The van der Waals surface area contributed by atoms with E-state index in [9.17, 15) is 5.11 Å². The van der Waals surface area contributed by atoms with E-state index < -0.39 is 0 Å². The number of aliphatic hydroxyl groups excluding tert-OH is 1. The van der Waals surface area contributed by atoms with Gasteiger partial charge in [-0.2, -0.15) is 0 Å². The van der Waals surface area contributed by atoms with E-state index in [1.807, 2.05) is 0 Å². The quantitative estimate of drug-likeness (QED) is 0.627. The van der Waals surface area contributed by atoms with E-state index in [2.05, 4.69) is 15.9 Å². The van der Waals surface area contributed by atoms with Gasteiger partial charge in [-0.15, -0.1) is 0 Å². The zero-order valence-corrected chi connectivity index (χ0v) is 8.01. The van der Waals surface area contributed by atoms with Crippen molar-refractivity contribution in [2.45, 2.75) is 42.2 Å². The molecular weight excluding hydrogens is 208 g/mol. The molecule has 2 nitrogen and oxygen atoms in total. The topological polar surface area (TPSA) is 29.5 Å². The van der Waals surface area contributed by atoms with E-state index >= 15 is 0 Å². The van der Waals surface area contributed by atoms with E-state index in [0.29, 0.717) is 4.83 Å². The predicted octanol–water partition coefficient (Wildman–Crippen LogP) is 1.45. The van der Waals surface area contributed by atoms with Gasteiger partial charge in [0.05, 0.1) is 6.10 Å². The van der Waals surface area contributed by atoms with Gasteiger partial charge in [0.25, 0.3) is 0 Å². The van der Waals surface area contributed by atoms with Crippen LogP contribution in [-0.4, -0.2) is 28.2 Å². The summed E-state index contributed by atoms with van der Waals surface area (Å²) in [6, 6.07) is 0. The first-order valence-electron chi connectivity index (χ1n) is 4.22. The highest BCUT2D eigenvalue weighted by molar-refractivity contribution is 9.09. The third-order valence-electron chi connectivity index (χ3n) is 2.88. The first-order chi connectivity index (χ1) is 5.26. The number of ether oxygens (including phenoxy) is 1. The number of halogens is 1. The highest BCUT2D eigenvalue weighted by Crippen LogP contribution is 2.44. The Labute approximate surface area is 75.1 Å². The lowest BCUT2D eigenvalue weighted by atomic mass is 9.96. The van der Waals surface area contributed by atoms with Crippen LogP contribution in [0.3, 0.4) is 0 Å². The smallest absolute Gasteiger partial charge is 0.106 e. The van der Waals surface area contributed by atoms with Crippen molar-refractivity contribution < 1.29 is 9.84 Å². The summed E-state index contributed by atoms with van der Waals surface area (Å²) in [4.78, 5) is 0.368. The van der Waals surface area contributed by atoms with Gasteiger partial charge in [0.15, 0.2) is 0 Å². The van der Waals surface area contributed by atoms with Gasteiger partial charge in [-0.05, 0) is 25.7 Å². The molecule has 11 heavy (non-hydrogen) atoms. The maximum Gasteiger partial charge on any atom is 0.106 e. The number of rotatable bonds is 0. The molecule has 0 aromatic rings. The van der Waals surface area contributed by atoms with Crippen LogP contribution in [0, 0.1) is 0 Å². The molecule has 0 aromatic heterocycles. The fourth-order valence-corrected chi connectivity index (χ4v) is 3.06. The van der Waals surface area contributed by atoms with Crippen LogP contribution in [-0.2, 0) is 4.74 Å². The van der Waals surface area contributed by atoms with Crippen LogP contribution in [0.2, 0.25) is 0 Å². The van der Waals surface area contributed by atoms with E-state index in [0.717, 1.165) is 32.3 Å². The fourth-order valence-electron chi connectivity index (χ4n) is 2.20. The molecule has 2 fully saturated rings. The van der Waals surface area contributed by atoms with Gasteiger partial charge in [-0.25, -0.2) is 0 Å². The summed E-state index contributed by atoms with van der Waals surface area (Å²) in [6.07, 6.45) is 3.82. The van der Waals surface area contributed by atoms with Crippen molar-refractivity contribution in [1.82, 2.24) is 0 Å². The molecule has 0 radical (unpaired) electrons. The summed E-state index contributed by atoms with van der Waals surface area (Å²) in [6.45, 7) is 0.799. The molecule has 1 saturated heterocycles. The van der Waals surface area contributed by atoms with Crippen molar-refractivity contribution in [3.05, 3.63) is 0 Å².